The van der Waals surface area contributed by atoms with E-state index in [1.165, 1.54) is 0 Å². The lowest BCUT2D eigenvalue weighted by molar-refractivity contribution is 0.0950. The van der Waals surface area contributed by atoms with Gasteiger partial charge in [-0.2, -0.15) is 10.4 Å². The molecule has 0 radical (unpaired) electrons. The lowest BCUT2D eigenvalue weighted by Gasteiger charge is -2.11. The zero-order valence-corrected chi connectivity index (χ0v) is 19.8. The highest BCUT2D eigenvalue weighted by Gasteiger charge is 2.17. The highest BCUT2D eigenvalue weighted by Crippen LogP contribution is 2.31. The molecule has 1 heterocycles. The van der Waals surface area contributed by atoms with Gasteiger partial charge in [-0.05, 0) is 69.0 Å². The van der Waals surface area contributed by atoms with Crippen molar-refractivity contribution in [3.63, 3.8) is 0 Å². The van der Waals surface area contributed by atoms with Crippen LogP contribution in [0.5, 0.6) is 5.75 Å². The molecule has 1 aromatic heterocycles. The summed E-state index contributed by atoms with van der Waals surface area (Å²) in [6, 6.07) is 21.7. The maximum absolute atomic E-state index is 13.0. The summed E-state index contributed by atoms with van der Waals surface area (Å²) in [5.74, 6) is 0.492. The zero-order chi connectivity index (χ0) is 23.2. The number of halogens is 1. The standard InChI is InChI=1S/C26H23BrN4O2/c1-2-6-24-22(17-30-31(24)21-7-4-3-5-8-21)26(32)29-16-18-9-10-19-15-25(33-12-11-28)23(27)14-20(19)13-18/h3-5,7-10,13-15,17H,2,6,12,16H2,1H3,(H,29,32). The molecule has 4 rings (SSSR count). The fraction of sp³-hybridized carbons (Fsp3) is 0.192. The van der Waals surface area contributed by atoms with Gasteiger partial charge in [-0.3, -0.25) is 4.79 Å². The molecule has 1 amide bonds. The van der Waals surface area contributed by atoms with Crippen molar-refractivity contribution in [2.24, 2.45) is 0 Å². The van der Waals surface area contributed by atoms with E-state index in [2.05, 4.69) is 33.3 Å². The smallest absolute Gasteiger partial charge is 0.255 e. The predicted octanol–water partition coefficient (Wildman–Crippen LogP) is 5.57. The number of amides is 1. The number of carbonyl (C=O) groups excluding carboxylic acids is 1. The molecule has 33 heavy (non-hydrogen) atoms. The van der Waals surface area contributed by atoms with Crippen molar-refractivity contribution >= 4 is 32.6 Å². The third kappa shape index (κ3) is 5.07. The Morgan fingerprint density at radius 2 is 1.97 bits per heavy atom. The molecule has 0 fully saturated rings. The Morgan fingerprint density at radius 1 is 1.15 bits per heavy atom. The molecule has 0 bridgehead atoms. The van der Waals surface area contributed by atoms with Gasteiger partial charge in [0.2, 0.25) is 0 Å². The number of aromatic nitrogens is 2. The predicted molar refractivity (Wildman–Crippen MR) is 131 cm³/mol. The van der Waals surface area contributed by atoms with Crippen LogP contribution in [0, 0.1) is 11.3 Å². The van der Waals surface area contributed by atoms with Crippen LogP contribution in [-0.4, -0.2) is 22.3 Å². The molecule has 0 saturated heterocycles. The zero-order valence-electron chi connectivity index (χ0n) is 18.2. The Balaban J connectivity index is 1.52. The molecule has 0 aliphatic carbocycles. The lowest BCUT2D eigenvalue weighted by atomic mass is 10.1. The maximum Gasteiger partial charge on any atom is 0.255 e. The molecule has 1 N–H and O–H groups in total. The van der Waals surface area contributed by atoms with Crippen LogP contribution in [0.25, 0.3) is 16.5 Å². The minimum Gasteiger partial charge on any atom is -0.478 e. The van der Waals surface area contributed by atoms with Crippen molar-refractivity contribution in [3.8, 4) is 17.5 Å². The van der Waals surface area contributed by atoms with Gasteiger partial charge >= 0.3 is 0 Å². The van der Waals surface area contributed by atoms with Crippen LogP contribution >= 0.6 is 15.9 Å². The normalized spacial score (nSPS) is 10.7. The van der Waals surface area contributed by atoms with Gasteiger partial charge in [-0.1, -0.05) is 43.7 Å². The molecule has 7 heteroatoms. The summed E-state index contributed by atoms with van der Waals surface area (Å²) in [6.07, 6.45) is 3.32. The van der Waals surface area contributed by atoms with E-state index < -0.39 is 0 Å². The van der Waals surface area contributed by atoms with Gasteiger partial charge in [0.15, 0.2) is 6.61 Å². The van der Waals surface area contributed by atoms with Crippen LogP contribution in [0.15, 0.2) is 71.3 Å². The number of hydrogen-bond acceptors (Lipinski definition) is 4. The van der Waals surface area contributed by atoms with Crippen LogP contribution in [0.3, 0.4) is 0 Å². The first-order valence-corrected chi connectivity index (χ1v) is 11.5. The minimum atomic E-state index is -0.137. The number of hydrogen-bond donors (Lipinski definition) is 1. The van der Waals surface area contributed by atoms with Crippen LogP contribution in [-0.2, 0) is 13.0 Å². The van der Waals surface area contributed by atoms with Gasteiger partial charge in [0.1, 0.15) is 11.8 Å². The van der Waals surface area contributed by atoms with Crippen molar-refractivity contribution in [2.45, 2.75) is 26.3 Å². The Hall–Kier alpha value is -3.63. The van der Waals surface area contributed by atoms with Gasteiger partial charge < -0.3 is 10.1 Å². The second kappa shape index (κ2) is 10.3. The second-order valence-electron chi connectivity index (χ2n) is 7.60. The summed E-state index contributed by atoms with van der Waals surface area (Å²) < 4.78 is 8.07. The number of carbonyl (C=O) groups is 1. The van der Waals surface area contributed by atoms with E-state index in [9.17, 15) is 4.79 Å². The fourth-order valence-electron chi connectivity index (χ4n) is 3.74. The second-order valence-corrected chi connectivity index (χ2v) is 8.45. The summed E-state index contributed by atoms with van der Waals surface area (Å²) >= 11 is 3.50. The monoisotopic (exact) mass is 502 g/mol. The number of rotatable bonds is 8. The van der Waals surface area contributed by atoms with Gasteiger partial charge in [0.05, 0.1) is 27.6 Å². The van der Waals surface area contributed by atoms with E-state index >= 15 is 0 Å². The molecule has 0 aliphatic heterocycles. The first kappa shape index (κ1) is 22.6. The Labute approximate surface area is 200 Å². The topological polar surface area (TPSA) is 79.9 Å². The van der Waals surface area contributed by atoms with E-state index in [0.29, 0.717) is 17.9 Å². The molecule has 0 spiro atoms. The largest absolute Gasteiger partial charge is 0.478 e. The number of nitriles is 1. The molecule has 0 saturated carbocycles. The lowest BCUT2D eigenvalue weighted by Crippen LogP contribution is -2.24. The molecule has 6 nitrogen and oxygen atoms in total. The quantitative estimate of drug-likeness (QED) is 0.341. The SMILES string of the molecule is CCCc1c(C(=O)NCc2ccc3cc(OCC#N)c(Br)cc3c2)cnn1-c1ccccc1. The van der Waals surface area contributed by atoms with Crippen molar-refractivity contribution in [2.75, 3.05) is 6.61 Å². The number of benzene rings is 3. The van der Waals surface area contributed by atoms with Gasteiger partial charge in [0.25, 0.3) is 5.91 Å². The van der Waals surface area contributed by atoms with E-state index in [-0.39, 0.29) is 12.5 Å². The molecule has 3 aromatic carbocycles. The fourth-order valence-corrected chi connectivity index (χ4v) is 4.21. The molecule has 4 aromatic rings. The van der Waals surface area contributed by atoms with Gasteiger partial charge in [0, 0.05) is 6.54 Å². The Bertz CT molecular complexity index is 1330. The number of nitrogens with zero attached hydrogens (tertiary/aromatic N) is 3. The Kier molecular flexibility index (Phi) is 7.06. The number of ether oxygens (including phenoxy) is 1. The molecular formula is C26H23BrN4O2. The van der Waals surface area contributed by atoms with Crippen LogP contribution < -0.4 is 10.1 Å². The number of para-hydroxylation sites is 1. The number of nitrogens with one attached hydrogen (secondary N) is 1. The molecule has 166 valence electrons. The molecular weight excluding hydrogens is 480 g/mol. The third-order valence-electron chi connectivity index (χ3n) is 5.30. The summed E-state index contributed by atoms with van der Waals surface area (Å²) in [5.41, 5.74) is 3.44. The highest BCUT2D eigenvalue weighted by molar-refractivity contribution is 9.10. The number of fused-ring (bicyclic) bond motifs is 1. The van der Waals surface area contributed by atoms with E-state index in [1.807, 2.05) is 71.4 Å². The van der Waals surface area contributed by atoms with Gasteiger partial charge in [-0.25, -0.2) is 4.68 Å². The van der Waals surface area contributed by atoms with E-state index in [1.54, 1.807) is 6.20 Å². The van der Waals surface area contributed by atoms with E-state index in [4.69, 9.17) is 10.00 Å². The minimum absolute atomic E-state index is 0.00486. The average molecular weight is 503 g/mol. The first-order valence-electron chi connectivity index (χ1n) is 10.7. The Morgan fingerprint density at radius 3 is 2.73 bits per heavy atom. The summed E-state index contributed by atoms with van der Waals surface area (Å²) in [7, 11) is 0. The highest BCUT2D eigenvalue weighted by atomic mass is 79.9. The summed E-state index contributed by atoms with van der Waals surface area (Å²) in [5, 5.41) is 18.3. The average Bonchev–Trinajstić information content (AvgIpc) is 3.25. The van der Waals surface area contributed by atoms with Crippen molar-refractivity contribution in [1.29, 1.82) is 5.26 Å². The van der Waals surface area contributed by atoms with E-state index in [0.717, 1.165) is 45.0 Å². The third-order valence-corrected chi connectivity index (χ3v) is 5.92. The summed E-state index contributed by atoms with van der Waals surface area (Å²) in [6.45, 7) is 2.49. The van der Waals surface area contributed by atoms with Crippen molar-refractivity contribution in [3.05, 3.63) is 88.2 Å². The van der Waals surface area contributed by atoms with Crippen LogP contribution in [0.2, 0.25) is 0 Å². The van der Waals surface area contributed by atoms with Crippen molar-refractivity contribution < 1.29 is 9.53 Å². The maximum atomic E-state index is 13.0. The molecule has 0 aliphatic rings. The molecule has 0 atom stereocenters. The molecule has 0 unspecified atom stereocenters. The van der Waals surface area contributed by atoms with Gasteiger partial charge in [-0.15, -0.1) is 0 Å². The van der Waals surface area contributed by atoms with Crippen molar-refractivity contribution in [1.82, 2.24) is 15.1 Å². The van der Waals surface area contributed by atoms with Crippen LogP contribution in [0.4, 0.5) is 0 Å². The first-order chi connectivity index (χ1) is 16.1. The summed E-state index contributed by atoms with van der Waals surface area (Å²) in [4.78, 5) is 13.0. The van der Waals surface area contributed by atoms with Crippen LogP contribution in [0.1, 0.15) is 35.0 Å².